The maximum absolute atomic E-state index is 13.1. The molecule has 4 N–H and O–H groups in total. The Labute approximate surface area is 162 Å². The van der Waals surface area contributed by atoms with E-state index in [9.17, 15) is 13.2 Å². The lowest BCUT2D eigenvalue weighted by Gasteiger charge is -2.19. The van der Waals surface area contributed by atoms with E-state index >= 15 is 0 Å². The fourth-order valence-corrected chi connectivity index (χ4v) is 3.30. The Balaban J connectivity index is 1.89. The fourth-order valence-electron chi connectivity index (χ4n) is 3.30. The van der Waals surface area contributed by atoms with Gasteiger partial charge in [-0.1, -0.05) is 13.3 Å². The van der Waals surface area contributed by atoms with Crippen LogP contribution >= 0.6 is 0 Å². The first kappa shape index (κ1) is 20.2. The lowest BCUT2D eigenvalue weighted by atomic mass is 10.1. The molecule has 1 fully saturated rings. The lowest BCUT2D eigenvalue weighted by Crippen LogP contribution is -2.30. The molecule has 1 aliphatic heterocycles. The Morgan fingerprint density at radius 1 is 1.25 bits per heavy atom. The number of benzene rings is 1. The molecule has 0 radical (unpaired) electrons. The second-order valence-corrected chi connectivity index (χ2v) is 6.94. The molecule has 1 aliphatic rings. The molecule has 0 aliphatic carbocycles. The molecular formula is C19H25F3N6. The van der Waals surface area contributed by atoms with E-state index in [1.165, 1.54) is 12.1 Å². The molecule has 3 rings (SSSR count). The van der Waals surface area contributed by atoms with Gasteiger partial charge in [0.05, 0.1) is 5.56 Å². The molecule has 0 saturated carbocycles. The summed E-state index contributed by atoms with van der Waals surface area (Å²) in [6.45, 7) is 3.75. The predicted molar refractivity (Wildman–Crippen MR) is 105 cm³/mol. The smallest absolute Gasteiger partial charge is 0.398 e. The van der Waals surface area contributed by atoms with Crippen LogP contribution in [0.4, 0.5) is 36.3 Å². The molecule has 0 amide bonds. The zero-order valence-corrected chi connectivity index (χ0v) is 16.0. The average molecular weight is 394 g/mol. The highest BCUT2D eigenvalue weighted by molar-refractivity contribution is 5.63. The van der Waals surface area contributed by atoms with Crippen LogP contribution < -0.4 is 21.3 Å². The highest BCUT2D eigenvalue weighted by atomic mass is 19.4. The molecule has 1 saturated heterocycles. The highest BCUT2D eigenvalue weighted by Crippen LogP contribution is 2.35. The van der Waals surface area contributed by atoms with Gasteiger partial charge in [0.15, 0.2) is 0 Å². The van der Waals surface area contributed by atoms with Gasteiger partial charge in [0, 0.05) is 42.3 Å². The number of hydrogen-bond donors (Lipinski definition) is 3. The van der Waals surface area contributed by atoms with E-state index in [0.29, 0.717) is 6.04 Å². The van der Waals surface area contributed by atoms with Crippen LogP contribution in [-0.4, -0.2) is 36.1 Å². The minimum Gasteiger partial charge on any atom is -0.398 e. The largest absolute Gasteiger partial charge is 0.418 e. The summed E-state index contributed by atoms with van der Waals surface area (Å²) in [6.07, 6.45) is -1.83. The number of halogens is 3. The summed E-state index contributed by atoms with van der Waals surface area (Å²) >= 11 is 0. The number of anilines is 4. The van der Waals surface area contributed by atoms with E-state index in [-0.39, 0.29) is 17.3 Å². The van der Waals surface area contributed by atoms with Crippen molar-refractivity contribution in [3.8, 4) is 0 Å². The van der Waals surface area contributed by atoms with Crippen LogP contribution in [0.1, 0.15) is 31.0 Å². The van der Waals surface area contributed by atoms with Crippen LogP contribution in [0.15, 0.2) is 24.3 Å². The van der Waals surface area contributed by atoms with Gasteiger partial charge in [0.1, 0.15) is 5.82 Å². The van der Waals surface area contributed by atoms with Crippen molar-refractivity contribution in [2.45, 2.75) is 38.4 Å². The normalized spacial score (nSPS) is 17.2. The summed E-state index contributed by atoms with van der Waals surface area (Å²) < 4.78 is 39.4. The van der Waals surface area contributed by atoms with E-state index in [0.717, 1.165) is 49.9 Å². The molecule has 1 atom stereocenters. The van der Waals surface area contributed by atoms with E-state index in [1.807, 2.05) is 13.1 Å². The van der Waals surface area contributed by atoms with Crippen LogP contribution in [-0.2, 0) is 12.6 Å². The van der Waals surface area contributed by atoms with Crippen LogP contribution in [0.25, 0.3) is 0 Å². The molecule has 2 heterocycles. The van der Waals surface area contributed by atoms with Crippen molar-refractivity contribution in [3.05, 3.63) is 35.5 Å². The van der Waals surface area contributed by atoms with Crippen molar-refractivity contribution < 1.29 is 13.2 Å². The van der Waals surface area contributed by atoms with Crippen molar-refractivity contribution in [2.75, 3.05) is 36.1 Å². The Morgan fingerprint density at radius 2 is 2.04 bits per heavy atom. The van der Waals surface area contributed by atoms with Crippen LogP contribution in [0, 0.1) is 0 Å². The van der Waals surface area contributed by atoms with Gasteiger partial charge in [0.25, 0.3) is 0 Å². The number of rotatable bonds is 6. The van der Waals surface area contributed by atoms with Gasteiger partial charge in [-0.05, 0) is 38.1 Å². The highest BCUT2D eigenvalue weighted by Gasteiger charge is 2.33. The van der Waals surface area contributed by atoms with Crippen LogP contribution in [0.3, 0.4) is 0 Å². The minimum atomic E-state index is -4.52. The third-order valence-corrected chi connectivity index (χ3v) is 4.81. The van der Waals surface area contributed by atoms with Gasteiger partial charge >= 0.3 is 6.18 Å². The Kier molecular flexibility index (Phi) is 5.93. The standard InChI is InChI=1S/C19H25F3N6/c1-3-4-12-10-17(28-8-7-14(11-28)24-2)27-18(25-12)26-13-5-6-16(23)15(9-13)19(20,21)22/h5-6,9-10,14,24H,3-4,7-8,11,23H2,1-2H3,(H,25,26,27). The van der Waals surface area contributed by atoms with Crippen molar-refractivity contribution in [1.29, 1.82) is 0 Å². The van der Waals surface area contributed by atoms with E-state index < -0.39 is 11.7 Å². The second kappa shape index (κ2) is 8.22. The third kappa shape index (κ3) is 4.64. The summed E-state index contributed by atoms with van der Waals surface area (Å²) in [4.78, 5) is 11.2. The molecule has 9 heteroatoms. The average Bonchev–Trinajstić information content (AvgIpc) is 3.12. The van der Waals surface area contributed by atoms with Crippen LogP contribution in [0.5, 0.6) is 0 Å². The molecular weight excluding hydrogens is 369 g/mol. The molecule has 28 heavy (non-hydrogen) atoms. The van der Waals surface area contributed by atoms with Crippen molar-refractivity contribution in [1.82, 2.24) is 15.3 Å². The van der Waals surface area contributed by atoms with Crippen molar-refractivity contribution >= 4 is 23.1 Å². The molecule has 152 valence electrons. The maximum Gasteiger partial charge on any atom is 0.418 e. The number of aromatic nitrogens is 2. The number of hydrogen-bond acceptors (Lipinski definition) is 6. The lowest BCUT2D eigenvalue weighted by molar-refractivity contribution is -0.136. The number of nitrogens with two attached hydrogens (primary N) is 1. The molecule has 0 bridgehead atoms. The Hall–Kier alpha value is -2.55. The quantitative estimate of drug-likeness (QED) is 0.650. The molecule has 0 spiro atoms. The summed E-state index contributed by atoms with van der Waals surface area (Å²) in [5, 5.41) is 6.18. The van der Waals surface area contributed by atoms with Crippen LogP contribution in [0.2, 0.25) is 0 Å². The number of alkyl halides is 3. The summed E-state index contributed by atoms with van der Waals surface area (Å²) in [5.74, 6) is 1.07. The Morgan fingerprint density at radius 3 is 2.68 bits per heavy atom. The first-order valence-corrected chi connectivity index (χ1v) is 9.34. The number of nitrogens with one attached hydrogen (secondary N) is 2. The topological polar surface area (TPSA) is 79.1 Å². The Bertz CT molecular complexity index is 824. The molecule has 1 unspecified atom stereocenters. The number of likely N-dealkylation sites (N-methyl/N-ethyl adjacent to an activating group) is 1. The first-order valence-electron chi connectivity index (χ1n) is 9.34. The van der Waals surface area contributed by atoms with E-state index in [4.69, 9.17) is 5.73 Å². The molecule has 1 aromatic heterocycles. The van der Waals surface area contributed by atoms with E-state index in [1.54, 1.807) is 0 Å². The van der Waals surface area contributed by atoms with Gasteiger partial charge in [0.2, 0.25) is 5.95 Å². The molecule has 1 aromatic carbocycles. The van der Waals surface area contributed by atoms with Gasteiger partial charge in [-0.25, -0.2) is 4.98 Å². The summed E-state index contributed by atoms with van der Waals surface area (Å²) in [6, 6.07) is 6.06. The van der Waals surface area contributed by atoms with Gasteiger partial charge in [-0.15, -0.1) is 0 Å². The number of nitrogen functional groups attached to an aromatic ring is 1. The third-order valence-electron chi connectivity index (χ3n) is 4.81. The van der Waals surface area contributed by atoms with Crippen molar-refractivity contribution in [2.24, 2.45) is 0 Å². The van der Waals surface area contributed by atoms with Crippen molar-refractivity contribution in [3.63, 3.8) is 0 Å². The zero-order chi connectivity index (χ0) is 20.3. The maximum atomic E-state index is 13.1. The first-order chi connectivity index (χ1) is 13.3. The monoisotopic (exact) mass is 394 g/mol. The zero-order valence-electron chi connectivity index (χ0n) is 16.0. The SMILES string of the molecule is CCCc1cc(N2CCC(NC)C2)nc(Nc2ccc(N)c(C(F)(F)F)c2)n1. The van der Waals surface area contributed by atoms with Gasteiger partial charge in [-0.3, -0.25) is 0 Å². The number of nitrogens with zero attached hydrogens (tertiary/aromatic N) is 3. The predicted octanol–water partition coefficient (Wildman–Crippen LogP) is 3.57. The summed E-state index contributed by atoms with van der Waals surface area (Å²) in [7, 11) is 1.93. The van der Waals surface area contributed by atoms with E-state index in [2.05, 4.69) is 32.4 Å². The molecule has 2 aromatic rings. The second-order valence-electron chi connectivity index (χ2n) is 6.94. The summed E-state index contributed by atoms with van der Waals surface area (Å²) in [5.41, 5.74) is 5.39. The van der Waals surface area contributed by atoms with Gasteiger partial charge < -0.3 is 21.3 Å². The fraction of sp³-hybridized carbons (Fsp3) is 0.474. The van der Waals surface area contributed by atoms with Gasteiger partial charge in [-0.2, -0.15) is 18.2 Å². The number of aryl methyl sites for hydroxylation is 1. The molecule has 6 nitrogen and oxygen atoms in total. The minimum absolute atomic E-state index is 0.246.